The standard InChI is InChI=1S/C11H8BrF3O/c12-8-3-1-2-6-4-7(5-11(13,14)15)10(16)9(6)8/h1-3,7H,4-5H2. The molecular weight excluding hydrogens is 285 g/mol. The fourth-order valence-corrected chi connectivity index (χ4v) is 2.62. The van der Waals surface area contributed by atoms with E-state index in [1.54, 1.807) is 18.2 Å². The number of benzene rings is 1. The van der Waals surface area contributed by atoms with Crippen LogP contribution in [0.4, 0.5) is 13.2 Å². The summed E-state index contributed by atoms with van der Waals surface area (Å²) in [6.45, 7) is 0. The Morgan fingerprint density at radius 3 is 2.62 bits per heavy atom. The summed E-state index contributed by atoms with van der Waals surface area (Å²) < 4.78 is 37.3. The normalized spacial score (nSPS) is 20.0. The van der Waals surface area contributed by atoms with Crippen LogP contribution in [0.2, 0.25) is 0 Å². The molecule has 0 saturated heterocycles. The molecule has 0 spiro atoms. The molecule has 1 aromatic rings. The molecule has 1 unspecified atom stereocenters. The van der Waals surface area contributed by atoms with E-state index in [9.17, 15) is 18.0 Å². The molecule has 0 saturated carbocycles. The van der Waals surface area contributed by atoms with Crippen LogP contribution >= 0.6 is 15.9 Å². The molecule has 1 aliphatic carbocycles. The number of halogens is 4. The number of fused-ring (bicyclic) bond motifs is 1. The summed E-state index contributed by atoms with van der Waals surface area (Å²) in [5, 5.41) is 0. The van der Waals surface area contributed by atoms with Crippen molar-refractivity contribution in [3.63, 3.8) is 0 Å². The lowest BCUT2D eigenvalue weighted by Crippen LogP contribution is -2.19. The van der Waals surface area contributed by atoms with Gasteiger partial charge in [-0.3, -0.25) is 4.79 Å². The van der Waals surface area contributed by atoms with E-state index in [0.29, 0.717) is 15.6 Å². The largest absolute Gasteiger partial charge is 0.389 e. The highest BCUT2D eigenvalue weighted by molar-refractivity contribution is 9.10. The van der Waals surface area contributed by atoms with Crippen LogP contribution < -0.4 is 0 Å². The number of hydrogen-bond acceptors (Lipinski definition) is 1. The highest BCUT2D eigenvalue weighted by Crippen LogP contribution is 2.37. The Bertz CT molecular complexity index is 439. The summed E-state index contributed by atoms with van der Waals surface area (Å²) in [6, 6.07) is 5.10. The second kappa shape index (κ2) is 3.87. The predicted octanol–water partition coefficient (Wildman–Crippen LogP) is 3.76. The van der Waals surface area contributed by atoms with Crippen LogP contribution in [-0.4, -0.2) is 12.0 Å². The van der Waals surface area contributed by atoms with E-state index in [1.807, 2.05) is 0 Å². The maximum absolute atomic E-state index is 12.2. The molecule has 16 heavy (non-hydrogen) atoms. The first-order valence-electron chi connectivity index (χ1n) is 4.77. The summed E-state index contributed by atoms with van der Waals surface area (Å²) in [7, 11) is 0. The maximum atomic E-state index is 12.2. The molecule has 0 bridgehead atoms. The topological polar surface area (TPSA) is 17.1 Å². The Balaban J connectivity index is 2.28. The molecule has 0 heterocycles. The summed E-state index contributed by atoms with van der Waals surface area (Å²) in [5.41, 5.74) is 1.12. The second-order valence-electron chi connectivity index (χ2n) is 3.86. The summed E-state index contributed by atoms with van der Waals surface area (Å²) in [5.74, 6) is -1.35. The molecule has 2 rings (SSSR count). The lowest BCUT2D eigenvalue weighted by Gasteiger charge is -2.10. The zero-order valence-electron chi connectivity index (χ0n) is 8.14. The minimum Gasteiger partial charge on any atom is -0.294 e. The van der Waals surface area contributed by atoms with E-state index >= 15 is 0 Å². The quantitative estimate of drug-likeness (QED) is 0.770. The SMILES string of the molecule is O=C1c2c(Br)cccc2CC1CC(F)(F)F. The first-order valence-corrected chi connectivity index (χ1v) is 5.56. The fraction of sp³-hybridized carbons (Fsp3) is 0.364. The van der Waals surface area contributed by atoms with Crippen molar-refractivity contribution in [3.05, 3.63) is 33.8 Å². The third-order valence-corrected chi connectivity index (χ3v) is 3.32. The monoisotopic (exact) mass is 292 g/mol. The van der Waals surface area contributed by atoms with Crippen LogP contribution in [0.5, 0.6) is 0 Å². The highest BCUT2D eigenvalue weighted by Gasteiger charge is 2.40. The lowest BCUT2D eigenvalue weighted by molar-refractivity contribution is -0.141. The van der Waals surface area contributed by atoms with Crippen molar-refractivity contribution in [2.75, 3.05) is 0 Å². The van der Waals surface area contributed by atoms with Gasteiger partial charge in [-0.2, -0.15) is 13.2 Å². The van der Waals surface area contributed by atoms with Crippen LogP contribution in [0.1, 0.15) is 22.3 Å². The molecule has 5 heteroatoms. The number of hydrogen-bond donors (Lipinski definition) is 0. The molecule has 1 nitrogen and oxygen atoms in total. The highest BCUT2D eigenvalue weighted by atomic mass is 79.9. The fourth-order valence-electron chi connectivity index (χ4n) is 2.02. The van der Waals surface area contributed by atoms with Gasteiger partial charge in [0.1, 0.15) is 0 Å². The van der Waals surface area contributed by atoms with Gasteiger partial charge >= 0.3 is 6.18 Å². The minimum atomic E-state index is -4.28. The Kier molecular flexibility index (Phi) is 2.82. The van der Waals surface area contributed by atoms with E-state index in [1.165, 1.54) is 0 Å². The van der Waals surface area contributed by atoms with Crippen molar-refractivity contribution in [1.82, 2.24) is 0 Å². The van der Waals surface area contributed by atoms with Crippen LogP contribution in [0.15, 0.2) is 22.7 Å². The second-order valence-corrected chi connectivity index (χ2v) is 4.71. The van der Waals surface area contributed by atoms with Crippen molar-refractivity contribution in [2.45, 2.75) is 19.0 Å². The molecule has 86 valence electrons. The van der Waals surface area contributed by atoms with Crippen LogP contribution in [-0.2, 0) is 6.42 Å². The van der Waals surface area contributed by atoms with Gasteiger partial charge in [-0.15, -0.1) is 0 Å². The summed E-state index contributed by atoms with van der Waals surface area (Å²) >= 11 is 3.19. The molecule has 0 aliphatic heterocycles. The molecule has 1 aliphatic rings. The molecule has 0 radical (unpaired) electrons. The van der Waals surface area contributed by atoms with Crippen molar-refractivity contribution < 1.29 is 18.0 Å². The molecular formula is C11H8BrF3O. The first-order chi connectivity index (χ1) is 7.38. The molecule has 0 amide bonds. The number of rotatable bonds is 1. The van der Waals surface area contributed by atoms with Crippen LogP contribution in [0, 0.1) is 5.92 Å². The Morgan fingerprint density at radius 2 is 2.06 bits per heavy atom. The lowest BCUT2D eigenvalue weighted by atomic mass is 10.0. The zero-order chi connectivity index (χ0) is 11.9. The van der Waals surface area contributed by atoms with E-state index in [4.69, 9.17) is 0 Å². The van der Waals surface area contributed by atoms with Gasteiger partial charge in [0.2, 0.25) is 0 Å². The molecule has 1 aromatic carbocycles. The minimum absolute atomic E-state index is 0.188. The van der Waals surface area contributed by atoms with Crippen molar-refractivity contribution in [3.8, 4) is 0 Å². The molecule has 0 fully saturated rings. The maximum Gasteiger partial charge on any atom is 0.389 e. The Hall–Kier alpha value is -0.840. The van der Waals surface area contributed by atoms with Crippen molar-refractivity contribution >= 4 is 21.7 Å². The molecule has 0 N–H and O–H groups in total. The molecule has 0 aromatic heterocycles. The van der Waals surface area contributed by atoms with Crippen molar-refractivity contribution in [2.24, 2.45) is 5.92 Å². The zero-order valence-corrected chi connectivity index (χ0v) is 9.73. The third kappa shape index (κ3) is 2.14. The summed E-state index contributed by atoms with van der Waals surface area (Å²) in [6.07, 6.45) is -5.13. The van der Waals surface area contributed by atoms with Gasteiger partial charge in [-0.1, -0.05) is 28.1 Å². The average Bonchev–Trinajstić information content (AvgIpc) is 2.42. The van der Waals surface area contributed by atoms with Gasteiger partial charge in [-0.05, 0) is 18.1 Å². The Morgan fingerprint density at radius 1 is 1.38 bits per heavy atom. The number of ketones is 1. The van der Waals surface area contributed by atoms with E-state index in [0.717, 1.165) is 0 Å². The third-order valence-electron chi connectivity index (χ3n) is 2.66. The smallest absolute Gasteiger partial charge is 0.294 e. The average molecular weight is 293 g/mol. The van der Waals surface area contributed by atoms with Gasteiger partial charge in [0, 0.05) is 16.0 Å². The van der Waals surface area contributed by atoms with Gasteiger partial charge in [0.25, 0.3) is 0 Å². The van der Waals surface area contributed by atoms with Gasteiger partial charge in [-0.25, -0.2) is 0 Å². The van der Waals surface area contributed by atoms with Gasteiger partial charge in [0.05, 0.1) is 6.42 Å². The van der Waals surface area contributed by atoms with Crippen molar-refractivity contribution in [1.29, 1.82) is 0 Å². The van der Waals surface area contributed by atoms with E-state index < -0.39 is 24.3 Å². The van der Waals surface area contributed by atoms with Crippen LogP contribution in [0.25, 0.3) is 0 Å². The molecule has 1 atom stereocenters. The predicted molar refractivity (Wildman–Crippen MR) is 56.3 cm³/mol. The number of alkyl halides is 3. The van der Waals surface area contributed by atoms with Gasteiger partial charge < -0.3 is 0 Å². The number of Topliss-reactive ketones (excluding diaryl/α,β-unsaturated/α-hetero) is 1. The van der Waals surface area contributed by atoms with Crippen LogP contribution in [0.3, 0.4) is 0 Å². The number of carbonyl (C=O) groups excluding carboxylic acids is 1. The Labute approximate surface area is 98.8 Å². The van der Waals surface area contributed by atoms with E-state index in [-0.39, 0.29) is 6.42 Å². The first kappa shape index (κ1) is 11.6. The van der Waals surface area contributed by atoms with E-state index in [2.05, 4.69) is 15.9 Å². The van der Waals surface area contributed by atoms with Gasteiger partial charge in [0.15, 0.2) is 5.78 Å². The number of carbonyl (C=O) groups is 1. The summed E-state index contributed by atoms with van der Waals surface area (Å²) in [4.78, 5) is 11.8.